The topological polar surface area (TPSA) is 68.3 Å². The third-order valence-electron chi connectivity index (χ3n) is 4.02. The molecule has 0 spiro atoms. The molecule has 0 aliphatic heterocycles. The van der Waals surface area contributed by atoms with Crippen LogP contribution in [0.25, 0.3) is 0 Å². The van der Waals surface area contributed by atoms with E-state index in [0.717, 1.165) is 28.6 Å². The van der Waals surface area contributed by atoms with Crippen LogP contribution >= 0.6 is 11.6 Å². The minimum Gasteiger partial charge on any atom is -0.497 e. The van der Waals surface area contributed by atoms with Crippen molar-refractivity contribution in [2.75, 3.05) is 30.9 Å². The van der Waals surface area contributed by atoms with Crippen molar-refractivity contribution in [2.24, 2.45) is 0 Å². The van der Waals surface area contributed by atoms with Crippen LogP contribution in [0.1, 0.15) is 11.4 Å². The summed E-state index contributed by atoms with van der Waals surface area (Å²) in [6.45, 7) is 4.94. The van der Waals surface area contributed by atoms with Crippen LogP contribution in [0.5, 0.6) is 11.5 Å². The second-order valence-electron chi connectivity index (χ2n) is 6.23. The first-order valence-corrected chi connectivity index (χ1v) is 9.31. The number of hydrogen-bond acceptors (Lipinski definition) is 6. The SMILES string of the molecule is COc1ccc(OCCNc2cc(Nc3ccc(C)c(Cl)c3)nc(C)n2)cc1. The van der Waals surface area contributed by atoms with Gasteiger partial charge < -0.3 is 20.1 Å². The van der Waals surface area contributed by atoms with E-state index in [9.17, 15) is 0 Å². The summed E-state index contributed by atoms with van der Waals surface area (Å²) in [5.41, 5.74) is 1.91. The molecule has 0 saturated heterocycles. The Balaban J connectivity index is 1.55. The largest absolute Gasteiger partial charge is 0.497 e. The van der Waals surface area contributed by atoms with Crippen LogP contribution in [0.15, 0.2) is 48.5 Å². The second kappa shape index (κ2) is 9.28. The van der Waals surface area contributed by atoms with Crippen LogP contribution in [0.4, 0.5) is 17.3 Å². The third-order valence-corrected chi connectivity index (χ3v) is 4.43. The Morgan fingerprint density at radius 1 is 0.929 bits per heavy atom. The first kappa shape index (κ1) is 19.8. The summed E-state index contributed by atoms with van der Waals surface area (Å²) in [5, 5.41) is 7.23. The normalized spacial score (nSPS) is 10.4. The zero-order chi connectivity index (χ0) is 19.9. The third kappa shape index (κ3) is 5.50. The average molecular weight is 399 g/mol. The number of anilines is 3. The molecular weight excluding hydrogens is 376 g/mol. The molecule has 146 valence electrons. The maximum atomic E-state index is 6.19. The summed E-state index contributed by atoms with van der Waals surface area (Å²) >= 11 is 6.19. The van der Waals surface area contributed by atoms with Gasteiger partial charge in [-0.2, -0.15) is 0 Å². The van der Waals surface area contributed by atoms with Crippen LogP contribution in [0.3, 0.4) is 0 Å². The highest BCUT2D eigenvalue weighted by molar-refractivity contribution is 6.31. The summed E-state index contributed by atoms with van der Waals surface area (Å²) in [6, 6.07) is 15.2. The predicted molar refractivity (Wildman–Crippen MR) is 113 cm³/mol. The summed E-state index contributed by atoms with van der Waals surface area (Å²) in [5.74, 6) is 3.69. The van der Waals surface area contributed by atoms with Crippen LogP contribution < -0.4 is 20.1 Å². The van der Waals surface area contributed by atoms with Crippen molar-refractivity contribution in [3.8, 4) is 11.5 Å². The van der Waals surface area contributed by atoms with Crippen molar-refractivity contribution in [1.29, 1.82) is 0 Å². The molecule has 1 aromatic heterocycles. The molecule has 2 N–H and O–H groups in total. The number of halogens is 1. The quantitative estimate of drug-likeness (QED) is 0.521. The monoisotopic (exact) mass is 398 g/mol. The Morgan fingerprint density at radius 2 is 1.64 bits per heavy atom. The number of nitrogens with zero attached hydrogens (tertiary/aromatic N) is 2. The van der Waals surface area contributed by atoms with E-state index in [1.165, 1.54) is 0 Å². The van der Waals surface area contributed by atoms with Gasteiger partial charge in [-0.15, -0.1) is 0 Å². The predicted octanol–water partition coefficient (Wildman–Crippen LogP) is 4.99. The molecule has 2 aromatic carbocycles. The van der Waals surface area contributed by atoms with Crippen molar-refractivity contribution in [3.63, 3.8) is 0 Å². The van der Waals surface area contributed by atoms with Gasteiger partial charge in [0, 0.05) is 16.8 Å². The van der Waals surface area contributed by atoms with Gasteiger partial charge in [0.05, 0.1) is 13.7 Å². The van der Waals surface area contributed by atoms with E-state index in [4.69, 9.17) is 21.1 Å². The first-order chi connectivity index (χ1) is 13.5. The summed E-state index contributed by atoms with van der Waals surface area (Å²) < 4.78 is 10.9. The van der Waals surface area contributed by atoms with Crippen LogP contribution in [-0.4, -0.2) is 30.2 Å². The number of rotatable bonds is 8. The zero-order valence-electron chi connectivity index (χ0n) is 16.1. The van der Waals surface area contributed by atoms with Crippen LogP contribution in [0, 0.1) is 13.8 Å². The summed E-state index contributed by atoms with van der Waals surface area (Å²) in [6.07, 6.45) is 0. The number of hydrogen-bond donors (Lipinski definition) is 2. The number of nitrogens with one attached hydrogen (secondary N) is 2. The smallest absolute Gasteiger partial charge is 0.136 e. The van der Waals surface area contributed by atoms with E-state index < -0.39 is 0 Å². The van der Waals surface area contributed by atoms with E-state index in [1.54, 1.807) is 7.11 Å². The fraction of sp³-hybridized carbons (Fsp3) is 0.238. The van der Waals surface area contributed by atoms with Crippen molar-refractivity contribution in [2.45, 2.75) is 13.8 Å². The van der Waals surface area contributed by atoms with Crippen molar-refractivity contribution < 1.29 is 9.47 Å². The molecule has 0 aliphatic carbocycles. The standard InChI is InChI=1S/C21H23ClN4O2/c1-14-4-5-16(12-19(14)22)26-21-13-20(24-15(2)25-21)23-10-11-28-18-8-6-17(27-3)7-9-18/h4-9,12-13H,10-11H2,1-3H3,(H2,23,24,25,26). The molecule has 0 amide bonds. The number of aryl methyl sites for hydroxylation is 2. The lowest BCUT2D eigenvalue weighted by Gasteiger charge is -2.12. The van der Waals surface area contributed by atoms with Gasteiger partial charge in [-0.1, -0.05) is 17.7 Å². The van der Waals surface area contributed by atoms with Crippen LogP contribution in [0.2, 0.25) is 5.02 Å². The highest BCUT2D eigenvalue weighted by atomic mass is 35.5. The van der Waals surface area contributed by atoms with Crippen molar-refractivity contribution >= 4 is 28.9 Å². The van der Waals surface area contributed by atoms with E-state index in [0.29, 0.717) is 29.8 Å². The van der Waals surface area contributed by atoms with Gasteiger partial charge in [-0.05, 0) is 55.8 Å². The Hall–Kier alpha value is -2.99. The van der Waals surface area contributed by atoms with Gasteiger partial charge in [0.15, 0.2) is 0 Å². The molecule has 28 heavy (non-hydrogen) atoms. The number of methoxy groups -OCH3 is 1. The van der Waals surface area contributed by atoms with Gasteiger partial charge in [-0.25, -0.2) is 9.97 Å². The minimum atomic E-state index is 0.506. The van der Waals surface area contributed by atoms with E-state index >= 15 is 0 Å². The fourth-order valence-corrected chi connectivity index (χ4v) is 2.74. The Morgan fingerprint density at radius 3 is 2.36 bits per heavy atom. The van der Waals surface area contributed by atoms with E-state index in [-0.39, 0.29) is 0 Å². The lowest BCUT2D eigenvalue weighted by atomic mass is 10.2. The number of benzene rings is 2. The second-order valence-corrected chi connectivity index (χ2v) is 6.63. The maximum Gasteiger partial charge on any atom is 0.136 e. The first-order valence-electron chi connectivity index (χ1n) is 8.93. The van der Waals surface area contributed by atoms with Crippen molar-refractivity contribution in [1.82, 2.24) is 9.97 Å². The van der Waals surface area contributed by atoms with Crippen LogP contribution in [-0.2, 0) is 0 Å². The minimum absolute atomic E-state index is 0.506. The van der Waals surface area contributed by atoms with Gasteiger partial charge in [0.25, 0.3) is 0 Å². The van der Waals surface area contributed by atoms with Gasteiger partial charge in [0.1, 0.15) is 35.6 Å². The molecule has 3 rings (SSSR count). The van der Waals surface area contributed by atoms with Gasteiger partial charge >= 0.3 is 0 Å². The molecule has 6 nitrogen and oxygen atoms in total. The molecular formula is C21H23ClN4O2. The Kier molecular flexibility index (Phi) is 6.55. The van der Waals surface area contributed by atoms with Gasteiger partial charge in [-0.3, -0.25) is 0 Å². The molecule has 0 aliphatic rings. The highest BCUT2D eigenvalue weighted by Gasteiger charge is 2.04. The zero-order valence-corrected chi connectivity index (χ0v) is 16.9. The average Bonchev–Trinajstić information content (AvgIpc) is 2.68. The Labute approximate surface area is 169 Å². The Bertz CT molecular complexity index is 932. The molecule has 0 radical (unpaired) electrons. The molecule has 0 atom stereocenters. The lowest BCUT2D eigenvalue weighted by Crippen LogP contribution is -2.13. The van der Waals surface area contributed by atoms with Crippen molar-refractivity contribution in [3.05, 3.63) is 64.9 Å². The summed E-state index contributed by atoms with van der Waals surface area (Å²) in [7, 11) is 1.64. The molecule has 0 fully saturated rings. The molecule has 0 saturated carbocycles. The molecule has 7 heteroatoms. The van der Waals surface area contributed by atoms with E-state index in [1.807, 2.05) is 62.4 Å². The number of aromatic nitrogens is 2. The fourth-order valence-electron chi connectivity index (χ4n) is 2.56. The molecule has 0 bridgehead atoms. The highest BCUT2D eigenvalue weighted by Crippen LogP contribution is 2.23. The molecule has 0 unspecified atom stereocenters. The maximum absolute atomic E-state index is 6.19. The summed E-state index contributed by atoms with van der Waals surface area (Å²) in [4.78, 5) is 8.84. The lowest BCUT2D eigenvalue weighted by molar-refractivity contribution is 0.331. The number of ether oxygens (including phenoxy) is 2. The molecule has 1 heterocycles. The molecule has 3 aromatic rings. The van der Waals surface area contributed by atoms with E-state index in [2.05, 4.69) is 20.6 Å². The van der Waals surface area contributed by atoms with Gasteiger partial charge in [0.2, 0.25) is 0 Å².